The van der Waals surface area contributed by atoms with Crippen LogP contribution in [0.15, 0.2) is 10.9 Å². The van der Waals surface area contributed by atoms with E-state index in [0.717, 1.165) is 43.2 Å². The molecule has 1 amide bonds. The normalized spacial score (nSPS) is 25.3. The minimum Gasteiger partial charge on any atom is -0.396 e. The molecule has 2 saturated heterocycles. The van der Waals surface area contributed by atoms with E-state index in [0.29, 0.717) is 24.7 Å². The minimum atomic E-state index is -0.212. The SMILES string of the molecule is CCCc1nc(C(=O)N2CC3CN(Cc4scnc4C)CC3(CO)C2)cs1. The van der Waals surface area contributed by atoms with Gasteiger partial charge < -0.3 is 10.0 Å². The first-order valence-corrected chi connectivity index (χ1v) is 11.3. The molecule has 2 aliphatic rings. The molecular formula is C19H26N4O2S2. The van der Waals surface area contributed by atoms with Gasteiger partial charge in [-0.2, -0.15) is 0 Å². The fraction of sp³-hybridized carbons (Fsp3) is 0.632. The Kier molecular flexibility index (Phi) is 5.33. The number of aliphatic hydroxyl groups excluding tert-OH is 1. The lowest BCUT2D eigenvalue weighted by atomic mass is 9.82. The van der Waals surface area contributed by atoms with E-state index < -0.39 is 0 Å². The second-order valence-electron chi connectivity index (χ2n) is 7.81. The van der Waals surface area contributed by atoms with Crippen molar-refractivity contribution in [1.29, 1.82) is 0 Å². The first kappa shape index (κ1) is 19.0. The van der Waals surface area contributed by atoms with E-state index in [9.17, 15) is 9.90 Å². The number of hydrogen-bond donors (Lipinski definition) is 1. The second kappa shape index (κ2) is 7.58. The molecule has 6 nitrogen and oxygen atoms in total. The number of carbonyl (C=O) groups is 1. The summed E-state index contributed by atoms with van der Waals surface area (Å²) in [4.78, 5) is 27.4. The van der Waals surface area contributed by atoms with E-state index in [1.807, 2.05) is 22.7 Å². The summed E-state index contributed by atoms with van der Waals surface area (Å²) in [5.74, 6) is 0.328. The number of aromatic nitrogens is 2. The fourth-order valence-corrected chi connectivity index (χ4v) is 6.06. The molecule has 0 saturated carbocycles. The molecule has 2 unspecified atom stereocenters. The van der Waals surface area contributed by atoms with Crippen LogP contribution in [0.2, 0.25) is 0 Å². The summed E-state index contributed by atoms with van der Waals surface area (Å²) < 4.78 is 0. The topological polar surface area (TPSA) is 69.6 Å². The molecule has 2 aromatic rings. The Hall–Kier alpha value is -1.35. The molecule has 2 fully saturated rings. The van der Waals surface area contributed by atoms with Crippen molar-refractivity contribution in [3.63, 3.8) is 0 Å². The lowest BCUT2D eigenvalue weighted by Gasteiger charge is -2.27. The van der Waals surface area contributed by atoms with Crippen LogP contribution >= 0.6 is 22.7 Å². The molecule has 4 heterocycles. The highest BCUT2D eigenvalue weighted by Crippen LogP contribution is 2.43. The molecule has 146 valence electrons. The highest BCUT2D eigenvalue weighted by molar-refractivity contribution is 7.10. The van der Waals surface area contributed by atoms with Crippen molar-refractivity contribution < 1.29 is 9.90 Å². The van der Waals surface area contributed by atoms with E-state index in [-0.39, 0.29) is 17.9 Å². The maximum absolute atomic E-state index is 12.9. The molecule has 2 aliphatic heterocycles. The average molecular weight is 407 g/mol. The zero-order valence-electron chi connectivity index (χ0n) is 15.8. The van der Waals surface area contributed by atoms with Gasteiger partial charge in [-0.3, -0.25) is 9.69 Å². The Morgan fingerprint density at radius 3 is 2.89 bits per heavy atom. The van der Waals surface area contributed by atoms with Crippen molar-refractivity contribution in [1.82, 2.24) is 19.8 Å². The van der Waals surface area contributed by atoms with E-state index in [1.54, 1.807) is 22.7 Å². The van der Waals surface area contributed by atoms with E-state index in [4.69, 9.17) is 0 Å². The smallest absolute Gasteiger partial charge is 0.273 e. The van der Waals surface area contributed by atoms with Gasteiger partial charge in [-0.15, -0.1) is 22.7 Å². The molecule has 2 aromatic heterocycles. The average Bonchev–Trinajstić information content (AvgIpc) is 3.39. The van der Waals surface area contributed by atoms with Gasteiger partial charge in [0.15, 0.2) is 0 Å². The van der Waals surface area contributed by atoms with Gasteiger partial charge in [0.05, 0.1) is 22.8 Å². The molecule has 8 heteroatoms. The number of carbonyl (C=O) groups excluding carboxylic acids is 1. The van der Waals surface area contributed by atoms with Gasteiger partial charge in [-0.1, -0.05) is 6.92 Å². The Bertz CT molecular complexity index is 820. The van der Waals surface area contributed by atoms with Crippen molar-refractivity contribution >= 4 is 28.6 Å². The lowest BCUT2D eigenvalue weighted by molar-refractivity contribution is 0.0714. The number of fused-ring (bicyclic) bond motifs is 1. The summed E-state index contributed by atoms with van der Waals surface area (Å²) >= 11 is 3.26. The molecule has 27 heavy (non-hydrogen) atoms. The summed E-state index contributed by atoms with van der Waals surface area (Å²) in [6, 6.07) is 0. The Morgan fingerprint density at radius 2 is 2.22 bits per heavy atom. The van der Waals surface area contributed by atoms with Crippen molar-refractivity contribution in [2.45, 2.75) is 33.2 Å². The van der Waals surface area contributed by atoms with Gasteiger partial charge in [0.1, 0.15) is 5.69 Å². The molecule has 0 radical (unpaired) electrons. The third-order valence-corrected chi connectivity index (χ3v) is 7.71. The molecule has 0 aromatic carbocycles. The summed E-state index contributed by atoms with van der Waals surface area (Å²) in [5, 5.41) is 13.1. The van der Waals surface area contributed by atoms with Gasteiger partial charge in [0.25, 0.3) is 5.91 Å². The third-order valence-electron chi connectivity index (χ3n) is 5.88. The van der Waals surface area contributed by atoms with Crippen molar-refractivity contribution in [3.05, 3.63) is 32.2 Å². The molecule has 0 bridgehead atoms. The van der Waals surface area contributed by atoms with E-state index in [1.165, 1.54) is 4.88 Å². The number of hydrogen-bond acceptors (Lipinski definition) is 7. The van der Waals surface area contributed by atoms with Crippen LogP contribution in [0.4, 0.5) is 0 Å². The number of nitrogens with zero attached hydrogens (tertiary/aromatic N) is 4. The standard InChI is InChI=1S/C19H26N4O2S2/c1-3-4-17-21-15(8-26-17)18(25)23-6-14-5-22(9-19(14,10-23)11-24)7-16-13(2)20-12-27-16/h8,12,14,24H,3-7,9-11H2,1-2H3. The predicted octanol–water partition coefficient (Wildman–Crippen LogP) is 2.43. The third kappa shape index (κ3) is 3.55. The highest BCUT2D eigenvalue weighted by Gasteiger charge is 2.53. The predicted molar refractivity (Wildman–Crippen MR) is 107 cm³/mol. The Labute approximate surface area is 167 Å². The summed E-state index contributed by atoms with van der Waals surface area (Å²) in [7, 11) is 0. The van der Waals surface area contributed by atoms with Crippen LogP contribution in [-0.4, -0.2) is 63.6 Å². The Balaban J connectivity index is 1.43. The van der Waals surface area contributed by atoms with Gasteiger partial charge >= 0.3 is 0 Å². The molecular weight excluding hydrogens is 380 g/mol. The lowest BCUT2D eigenvalue weighted by Crippen LogP contribution is -2.38. The summed E-state index contributed by atoms with van der Waals surface area (Å²) in [5.41, 5.74) is 3.34. The van der Waals surface area contributed by atoms with Crippen molar-refractivity contribution in [3.8, 4) is 0 Å². The number of likely N-dealkylation sites (tertiary alicyclic amines) is 2. The number of amides is 1. The van der Waals surface area contributed by atoms with E-state index >= 15 is 0 Å². The summed E-state index contributed by atoms with van der Waals surface area (Å²) in [6.07, 6.45) is 1.96. The van der Waals surface area contributed by atoms with Crippen LogP contribution in [0.25, 0.3) is 0 Å². The minimum absolute atomic E-state index is 0.0145. The quantitative estimate of drug-likeness (QED) is 0.798. The highest BCUT2D eigenvalue weighted by atomic mass is 32.1. The van der Waals surface area contributed by atoms with Crippen LogP contribution in [-0.2, 0) is 13.0 Å². The van der Waals surface area contributed by atoms with Gasteiger partial charge in [0, 0.05) is 48.4 Å². The number of rotatable bonds is 6. The van der Waals surface area contributed by atoms with Gasteiger partial charge in [-0.25, -0.2) is 9.97 Å². The van der Waals surface area contributed by atoms with Crippen LogP contribution in [0.3, 0.4) is 0 Å². The van der Waals surface area contributed by atoms with Gasteiger partial charge in [0.2, 0.25) is 0 Å². The maximum atomic E-state index is 12.9. The van der Waals surface area contributed by atoms with Crippen LogP contribution < -0.4 is 0 Å². The maximum Gasteiger partial charge on any atom is 0.273 e. The van der Waals surface area contributed by atoms with Crippen molar-refractivity contribution in [2.75, 3.05) is 32.8 Å². The molecule has 0 spiro atoms. The van der Waals surface area contributed by atoms with Crippen molar-refractivity contribution in [2.24, 2.45) is 11.3 Å². The first-order valence-electron chi connectivity index (χ1n) is 9.50. The molecule has 4 rings (SSSR count). The van der Waals surface area contributed by atoms with E-state index in [2.05, 4.69) is 21.8 Å². The zero-order chi connectivity index (χ0) is 19.0. The number of aliphatic hydroxyl groups is 1. The van der Waals surface area contributed by atoms with Crippen LogP contribution in [0.1, 0.15) is 39.4 Å². The number of thiazole rings is 2. The fourth-order valence-electron chi connectivity index (χ4n) is 4.37. The number of aryl methyl sites for hydroxylation is 2. The monoisotopic (exact) mass is 406 g/mol. The van der Waals surface area contributed by atoms with Crippen LogP contribution in [0, 0.1) is 18.3 Å². The molecule has 0 aliphatic carbocycles. The summed E-state index contributed by atoms with van der Waals surface area (Å²) in [6.45, 7) is 8.24. The Morgan fingerprint density at radius 1 is 1.37 bits per heavy atom. The molecule has 2 atom stereocenters. The second-order valence-corrected chi connectivity index (χ2v) is 9.69. The first-order chi connectivity index (χ1) is 13.0. The van der Waals surface area contributed by atoms with Crippen LogP contribution in [0.5, 0.6) is 0 Å². The zero-order valence-corrected chi connectivity index (χ0v) is 17.5. The molecule has 1 N–H and O–H groups in total. The van der Waals surface area contributed by atoms with Gasteiger partial charge in [-0.05, 0) is 25.7 Å². The largest absolute Gasteiger partial charge is 0.396 e.